The molecule has 4 N–H and O–H groups in total. The first kappa shape index (κ1) is 64.9. The number of hydrogen-bond acceptors (Lipinski definition) is 20. The Bertz CT molecular complexity index is 3700. The minimum atomic E-state index is -5.10. The van der Waals surface area contributed by atoms with Crippen molar-refractivity contribution in [2.75, 3.05) is 111 Å². The van der Waals surface area contributed by atoms with Crippen LogP contribution in [0, 0.1) is 0 Å². The molecule has 26 nitrogen and oxygen atoms in total. The van der Waals surface area contributed by atoms with Crippen molar-refractivity contribution < 1.29 is 109 Å². The number of imide groups is 1. The smallest absolute Gasteiger partial charge is 0.335 e. The lowest BCUT2D eigenvalue weighted by atomic mass is 9.76. The lowest BCUT2D eigenvalue weighted by Gasteiger charge is -2.31. The van der Waals surface area contributed by atoms with Gasteiger partial charge in [0, 0.05) is 85.5 Å². The Balaban J connectivity index is 1.28. The van der Waals surface area contributed by atoms with E-state index in [9.17, 15) is 66.3 Å². The normalized spacial score (nSPS) is 18.0. The summed E-state index contributed by atoms with van der Waals surface area (Å²) in [6.07, 6.45) is 5.05. The molecule has 2 amide bonds. The second kappa shape index (κ2) is 26.7. The molecule has 3 aliphatic rings. The fourth-order valence-electron chi connectivity index (χ4n) is 10.4. The molecule has 3 heterocycles. The Morgan fingerprint density at radius 3 is 1.63 bits per heavy atom. The first-order chi connectivity index (χ1) is 39.0. The quantitative estimate of drug-likeness (QED) is 0.0236. The second-order valence-corrected chi connectivity index (χ2v) is 25.6. The molecule has 0 saturated carbocycles. The van der Waals surface area contributed by atoms with Crippen LogP contribution in [0.25, 0.3) is 21.5 Å². The minimum absolute atomic E-state index is 0.0106. The number of ether oxygens (including phenoxy) is 7. The molecule has 3 aliphatic heterocycles. The summed E-state index contributed by atoms with van der Waals surface area (Å²) in [4.78, 5) is 39.5. The fraction of sp³-hybridized carbons (Fsp3) is 0.472. The zero-order valence-electron chi connectivity index (χ0n) is 46.1. The van der Waals surface area contributed by atoms with Gasteiger partial charge in [0.2, 0.25) is 5.69 Å². The number of carbonyl (C=O) groups excluding carboxylic acids is 3. The number of hydroxylamine groups is 2. The van der Waals surface area contributed by atoms with Crippen LogP contribution in [-0.2, 0) is 104 Å². The van der Waals surface area contributed by atoms with Gasteiger partial charge in [0.05, 0.1) is 87.7 Å². The Morgan fingerprint density at radius 2 is 1.10 bits per heavy atom. The van der Waals surface area contributed by atoms with Gasteiger partial charge in [-0.25, -0.2) is 4.79 Å². The van der Waals surface area contributed by atoms with Gasteiger partial charge in [-0.3, -0.25) is 27.8 Å². The SMILES string of the molecule is COCCOCCOCCOCCC1(C)C(=CC=CC2=[N+](CCOCCOCCC(=O)ON3C(=O)CCC3=O)c3ccc4c(S(=O)(=O)O)cc(S(=O)(=O)O)cc4c3C2(C)C)N(CCOC)c2ccc3c(S(=O)(=O)O)cc(S(=O)(=O)O)cc3c21. The third kappa shape index (κ3) is 14.9. The average Bonchev–Trinajstić information content (AvgIpc) is 3.81. The molecule has 1 unspecified atom stereocenters. The minimum Gasteiger partial charge on any atom is -0.383 e. The number of carbonyl (C=O) groups is 3. The number of rotatable bonds is 31. The van der Waals surface area contributed by atoms with Gasteiger partial charge in [-0.05, 0) is 86.0 Å². The molecule has 454 valence electrons. The van der Waals surface area contributed by atoms with Gasteiger partial charge in [-0.15, -0.1) is 5.06 Å². The lowest BCUT2D eigenvalue weighted by molar-refractivity contribution is -0.442. The summed E-state index contributed by atoms with van der Waals surface area (Å²) >= 11 is 0. The van der Waals surface area contributed by atoms with Crippen LogP contribution in [0.2, 0.25) is 0 Å². The van der Waals surface area contributed by atoms with Crippen LogP contribution in [0.1, 0.15) is 57.6 Å². The van der Waals surface area contributed by atoms with Gasteiger partial charge >= 0.3 is 5.97 Å². The fourth-order valence-corrected chi connectivity index (χ4v) is 13.1. The van der Waals surface area contributed by atoms with Crippen LogP contribution in [0.3, 0.4) is 0 Å². The summed E-state index contributed by atoms with van der Waals surface area (Å²) in [5.74, 6) is -2.09. The molecule has 0 bridgehead atoms. The Labute approximate surface area is 480 Å². The van der Waals surface area contributed by atoms with Gasteiger partial charge in [-0.2, -0.15) is 38.2 Å². The van der Waals surface area contributed by atoms with Crippen LogP contribution in [0.15, 0.2) is 92.0 Å². The van der Waals surface area contributed by atoms with Crippen LogP contribution in [0.4, 0.5) is 11.4 Å². The molecule has 83 heavy (non-hydrogen) atoms. The number of anilines is 1. The zero-order valence-corrected chi connectivity index (χ0v) is 49.4. The van der Waals surface area contributed by atoms with Crippen molar-refractivity contribution in [1.29, 1.82) is 0 Å². The van der Waals surface area contributed by atoms with E-state index < -0.39 is 88.7 Å². The highest BCUT2D eigenvalue weighted by Gasteiger charge is 2.48. The summed E-state index contributed by atoms with van der Waals surface area (Å²) < 4.78 is 185. The maximum atomic E-state index is 12.9. The number of fused-ring (bicyclic) bond motifs is 6. The largest absolute Gasteiger partial charge is 0.383 e. The zero-order chi connectivity index (χ0) is 60.7. The summed E-state index contributed by atoms with van der Waals surface area (Å²) in [5.41, 5.74) is 0.576. The molecule has 0 aromatic heterocycles. The van der Waals surface area contributed by atoms with E-state index in [-0.39, 0.29) is 120 Å². The number of methoxy groups -OCH3 is 2. The van der Waals surface area contributed by atoms with Crippen molar-refractivity contribution in [3.63, 3.8) is 0 Å². The third-order valence-electron chi connectivity index (χ3n) is 14.2. The summed E-state index contributed by atoms with van der Waals surface area (Å²) in [6, 6.07) is 9.62. The van der Waals surface area contributed by atoms with E-state index in [2.05, 4.69) is 0 Å². The maximum Gasteiger partial charge on any atom is 0.335 e. The highest BCUT2D eigenvalue weighted by molar-refractivity contribution is 7.87. The van der Waals surface area contributed by atoms with Gasteiger partial charge in [0.1, 0.15) is 16.4 Å². The number of benzene rings is 4. The molecule has 30 heteroatoms. The molecular weight excluding hydrogens is 1170 g/mol. The van der Waals surface area contributed by atoms with E-state index in [0.717, 1.165) is 12.1 Å². The van der Waals surface area contributed by atoms with Crippen molar-refractivity contribution in [2.45, 2.75) is 76.9 Å². The van der Waals surface area contributed by atoms with E-state index >= 15 is 0 Å². The summed E-state index contributed by atoms with van der Waals surface area (Å²) in [6.45, 7) is 7.67. The molecule has 4 aromatic carbocycles. The first-order valence-corrected chi connectivity index (χ1v) is 31.7. The number of allylic oxidation sites excluding steroid dienone is 4. The van der Waals surface area contributed by atoms with E-state index in [1.165, 1.54) is 19.2 Å². The maximum absolute atomic E-state index is 12.9. The topological polar surface area (TPSA) is 352 Å². The molecule has 0 aliphatic carbocycles. The molecule has 1 atom stereocenters. The molecular formula is C53H66N3O23S4+. The Kier molecular flexibility index (Phi) is 20.9. The van der Waals surface area contributed by atoms with Crippen LogP contribution < -0.4 is 4.90 Å². The highest BCUT2D eigenvalue weighted by atomic mass is 32.2. The summed E-state index contributed by atoms with van der Waals surface area (Å²) in [5, 5.41) is 0.490. The average molecular weight is 1240 g/mol. The highest BCUT2D eigenvalue weighted by Crippen LogP contribution is 2.54. The number of nitrogens with zero attached hydrogens (tertiary/aromatic N) is 3. The van der Waals surface area contributed by atoms with Gasteiger partial charge in [0.25, 0.3) is 52.3 Å². The number of amides is 2. The second-order valence-electron chi connectivity index (χ2n) is 20.0. The van der Waals surface area contributed by atoms with Crippen LogP contribution >= 0.6 is 0 Å². The van der Waals surface area contributed by atoms with E-state index in [1.54, 1.807) is 51.3 Å². The molecule has 0 spiro atoms. The standard InChI is InChI=1S/C53H65N3O23S4/c1-52(2)45(54(18-22-76-27-25-74-19-15-49(59)79-56-47(57)13-14-48(56)58)41-11-9-37-39(50(41)52)31-35(80(60,61)62)33-43(37)82(66,67)68)7-6-8-46-53(3,16-20-75-26-28-78-30-29-77-24-23-73-5)51-40-32-36(81(63,64)65)34-44(83(69,70)71)38(40)10-12-42(51)55(46)17-21-72-4/h6-12,31-34H,13-30H2,1-5H3,(H3-,60,61,62,63,64,65,66,67,68,69,70,71)/p+1. The van der Waals surface area contributed by atoms with Crippen molar-refractivity contribution in [3.8, 4) is 0 Å². The van der Waals surface area contributed by atoms with Crippen molar-refractivity contribution in [3.05, 3.63) is 83.6 Å². The van der Waals surface area contributed by atoms with Crippen molar-refractivity contribution in [1.82, 2.24) is 5.06 Å². The van der Waals surface area contributed by atoms with Crippen LogP contribution in [0.5, 0.6) is 0 Å². The molecule has 7 rings (SSSR count). The number of hydrogen-bond donors (Lipinski definition) is 4. The molecule has 4 aromatic rings. The summed E-state index contributed by atoms with van der Waals surface area (Å²) in [7, 11) is -17.2. The van der Waals surface area contributed by atoms with Crippen LogP contribution in [-0.4, -0.2) is 192 Å². The Morgan fingerprint density at radius 1 is 0.602 bits per heavy atom. The predicted molar refractivity (Wildman–Crippen MR) is 296 cm³/mol. The first-order valence-electron chi connectivity index (χ1n) is 25.9. The Hall–Kier alpha value is -5.68. The van der Waals surface area contributed by atoms with E-state index in [0.29, 0.717) is 70.9 Å². The van der Waals surface area contributed by atoms with Crippen molar-refractivity contribution >= 4 is 96.9 Å². The van der Waals surface area contributed by atoms with E-state index in [4.69, 9.17) is 38.0 Å². The van der Waals surface area contributed by atoms with Gasteiger partial charge in [0.15, 0.2) is 12.3 Å². The lowest BCUT2D eigenvalue weighted by Crippen LogP contribution is -2.32. The third-order valence-corrected chi connectivity index (χ3v) is 17.7. The molecule has 0 radical (unpaired) electrons. The predicted octanol–water partition coefficient (Wildman–Crippen LogP) is 4.34. The van der Waals surface area contributed by atoms with Gasteiger partial charge < -0.3 is 42.9 Å². The van der Waals surface area contributed by atoms with Gasteiger partial charge in [-0.1, -0.05) is 12.1 Å². The van der Waals surface area contributed by atoms with E-state index in [1.807, 2.05) is 16.4 Å². The molecule has 1 fully saturated rings. The van der Waals surface area contributed by atoms with Crippen molar-refractivity contribution in [2.24, 2.45) is 0 Å². The monoisotopic (exact) mass is 1240 g/mol. The molecule has 1 saturated heterocycles.